The Hall–Kier alpha value is -1.13. The van der Waals surface area contributed by atoms with E-state index in [-0.39, 0.29) is 11.0 Å². The molecule has 0 unspecified atom stereocenters. The van der Waals surface area contributed by atoms with Crippen molar-refractivity contribution < 1.29 is 14.0 Å². The molecule has 0 N–H and O–H groups in total. The maximum atomic E-state index is 11.9. The van der Waals surface area contributed by atoms with Crippen molar-refractivity contribution in [2.75, 3.05) is 6.61 Å². The first kappa shape index (κ1) is 16.7. The van der Waals surface area contributed by atoms with E-state index in [0.29, 0.717) is 12.5 Å². The molecule has 1 aromatic rings. The summed E-state index contributed by atoms with van der Waals surface area (Å²) in [6.07, 6.45) is 3.35. The van der Waals surface area contributed by atoms with E-state index in [1.807, 2.05) is 6.07 Å². The van der Waals surface area contributed by atoms with Gasteiger partial charge in [-0.2, -0.15) is 0 Å². The van der Waals surface area contributed by atoms with Gasteiger partial charge in [0, 0.05) is 12.2 Å². The number of carbonyl (C=O) groups is 1. The number of carbonyl (C=O) groups excluding carboxylic acids is 1. The van der Waals surface area contributed by atoms with E-state index in [2.05, 4.69) is 39.9 Å². The highest BCUT2D eigenvalue weighted by atomic mass is 28.4. The Balaban J connectivity index is 1.73. The largest absolute Gasteiger partial charge is 0.457 e. The molecule has 0 atom stereocenters. The van der Waals surface area contributed by atoms with E-state index in [1.54, 1.807) is 0 Å². The lowest BCUT2D eigenvalue weighted by Gasteiger charge is -2.36. The van der Waals surface area contributed by atoms with Crippen LogP contribution < -0.4 is 0 Å². The number of hydrogen-bond donors (Lipinski definition) is 0. The quantitative estimate of drug-likeness (QED) is 0.574. The Morgan fingerprint density at radius 2 is 1.96 bits per heavy atom. The number of rotatable bonds is 5. The van der Waals surface area contributed by atoms with Gasteiger partial charge in [0.2, 0.25) is 0 Å². The second kappa shape index (κ2) is 5.74. The van der Waals surface area contributed by atoms with Crippen LogP contribution in [0.25, 0.3) is 0 Å². The van der Waals surface area contributed by atoms with Crippen LogP contribution in [0.3, 0.4) is 0 Å². The first-order valence-electron chi connectivity index (χ1n) is 8.66. The molecule has 1 aromatic carbocycles. The summed E-state index contributed by atoms with van der Waals surface area (Å²) in [5.74, 6) is 0.480. The first-order chi connectivity index (χ1) is 10.7. The highest BCUT2D eigenvalue weighted by Gasteiger charge is 2.37. The summed E-state index contributed by atoms with van der Waals surface area (Å²) in [6.45, 7) is 12.5. The zero-order valence-electron chi connectivity index (χ0n) is 15.0. The van der Waals surface area contributed by atoms with Gasteiger partial charge in [-0.25, -0.2) is 4.79 Å². The fraction of sp³-hybridized carbons (Fsp3) is 0.632. The summed E-state index contributed by atoms with van der Waals surface area (Å²) in [7, 11) is -1.71. The minimum Gasteiger partial charge on any atom is -0.457 e. The first-order valence-corrected chi connectivity index (χ1v) is 11.6. The van der Waals surface area contributed by atoms with Crippen LogP contribution in [0.5, 0.6) is 0 Å². The summed E-state index contributed by atoms with van der Waals surface area (Å²) in [5.41, 5.74) is 4.47. The van der Waals surface area contributed by atoms with Crippen LogP contribution in [-0.2, 0) is 22.2 Å². The van der Waals surface area contributed by atoms with Crippen molar-refractivity contribution in [3.63, 3.8) is 0 Å². The van der Waals surface area contributed by atoms with E-state index >= 15 is 0 Å². The molecule has 23 heavy (non-hydrogen) atoms. The standard InChI is InChI=1S/C19H28O3Si/c1-19(2,3)23(4,5)22-9-8-13-10-15(14-6-7-14)17-12-21-18(20)16(17)11-13/h10-11,14H,6-9,12H2,1-5H3. The van der Waals surface area contributed by atoms with Crippen LogP contribution in [0.15, 0.2) is 12.1 Å². The molecule has 3 nitrogen and oxygen atoms in total. The molecule has 2 aliphatic rings. The Morgan fingerprint density at radius 1 is 1.26 bits per heavy atom. The van der Waals surface area contributed by atoms with E-state index in [1.165, 1.54) is 24.0 Å². The van der Waals surface area contributed by atoms with Crippen LogP contribution in [0.4, 0.5) is 0 Å². The number of esters is 1. The predicted octanol–water partition coefficient (Wildman–Crippen LogP) is 4.80. The minimum absolute atomic E-state index is 0.158. The van der Waals surface area contributed by atoms with E-state index in [9.17, 15) is 4.79 Å². The van der Waals surface area contributed by atoms with Gasteiger partial charge in [-0.3, -0.25) is 0 Å². The minimum atomic E-state index is -1.71. The summed E-state index contributed by atoms with van der Waals surface area (Å²) in [6, 6.07) is 4.30. The summed E-state index contributed by atoms with van der Waals surface area (Å²) in [5, 5.41) is 0.230. The van der Waals surface area contributed by atoms with Gasteiger partial charge in [0.1, 0.15) is 6.61 Å². The van der Waals surface area contributed by atoms with E-state index < -0.39 is 8.32 Å². The highest BCUT2D eigenvalue weighted by Crippen LogP contribution is 2.44. The maximum Gasteiger partial charge on any atom is 0.338 e. The lowest BCUT2D eigenvalue weighted by Crippen LogP contribution is -2.41. The van der Waals surface area contributed by atoms with Gasteiger partial charge in [0.15, 0.2) is 8.32 Å². The molecule has 3 rings (SSSR count). The number of hydrogen-bond acceptors (Lipinski definition) is 3. The Morgan fingerprint density at radius 3 is 2.57 bits per heavy atom. The topological polar surface area (TPSA) is 35.5 Å². The number of cyclic esters (lactones) is 1. The molecule has 1 fully saturated rings. The lowest BCUT2D eigenvalue weighted by atomic mass is 9.95. The third-order valence-corrected chi connectivity index (χ3v) is 10.1. The molecule has 1 aliphatic carbocycles. The highest BCUT2D eigenvalue weighted by molar-refractivity contribution is 6.74. The number of benzene rings is 1. The van der Waals surface area contributed by atoms with Gasteiger partial charge >= 0.3 is 5.97 Å². The van der Waals surface area contributed by atoms with Gasteiger partial charge in [-0.1, -0.05) is 26.8 Å². The van der Waals surface area contributed by atoms with Crippen molar-refractivity contribution in [3.05, 3.63) is 34.4 Å². The molecule has 0 spiro atoms. The van der Waals surface area contributed by atoms with Crippen LogP contribution in [0, 0.1) is 0 Å². The van der Waals surface area contributed by atoms with Gasteiger partial charge in [-0.15, -0.1) is 0 Å². The zero-order chi connectivity index (χ0) is 16.8. The van der Waals surface area contributed by atoms with Crippen LogP contribution >= 0.6 is 0 Å². The molecule has 0 saturated heterocycles. The van der Waals surface area contributed by atoms with Crippen LogP contribution in [0.2, 0.25) is 18.1 Å². The monoisotopic (exact) mass is 332 g/mol. The molecular weight excluding hydrogens is 304 g/mol. The predicted molar refractivity (Wildman–Crippen MR) is 94.4 cm³/mol. The van der Waals surface area contributed by atoms with Crippen LogP contribution in [-0.4, -0.2) is 20.9 Å². The van der Waals surface area contributed by atoms with Crippen molar-refractivity contribution in [1.82, 2.24) is 0 Å². The van der Waals surface area contributed by atoms with Crippen molar-refractivity contribution >= 4 is 14.3 Å². The van der Waals surface area contributed by atoms with E-state index in [0.717, 1.165) is 24.2 Å². The Bertz CT molecular complexity index is 624. The summed E-state index contributed by atoms with van der Waals surface area (Å²) < 4.78 is 11.5. The molecule has 0 bridgehead atoms. The third-order valence-electron chi connectivity index (χ3n) is 5.59. The normalized spacial score (nSPS) is 18.0. The maximum absolute atomic E-state index is 11.9. The summed E-state index contributed by atoms with van der Waals surface area (Å²) >= 11 is 0. The van der Waals surface area contributed by atoms with Gasteiger partial charge in [0.05, 0.1) is 5.56 Å². The molecule has 0 radical (unpaired) electrons. The van der Waals surface area contributed by atoms with Gasteiger partial charge < -0.3 is 9.16 Å². The van der Waals surface area contributed by atoms with E-state index in [4.69, 9.17) is 9.16 Å². The SMILES string of the molecule is CC(C)(C)[Si](C)(C)OCCc1cc2c(c(C3CC3)c1)COC2=O. The average Bonchev–Trinajstić information content (AvgIpc) is 3.22. The van der Waals surface area contributed by atoms with Crippen molar-refractivity contribution in [2.24, 2.45) is 0 Å². The van der Waals surface area contributed by atoms with Crippen molar-refractivity contribution in [3.8, 4) is 0 Å². The smallest absolute Gasteiger partial charge is 0.338 e. The third kappa shape index (κ3) is 3.38. The average molecular weight is 333 g/mol. The second-order valence-electron chi connectivity index (χ2n) is 8.42. The molecule has 4 heteroatoms. The Labute approximate surface area is 140 Å². The van der Waals surface area contributed by atoms with Crippen LogP contribution in [0.1, 0.15) is 66.6 Å². The number of ether oxygens (including phenoxy) is 1. The molecule has 1 heterocycles. The Kier molecular flexibility index (Phi) is 4.17. The van der Waals surface area contributed by atoms with Gasteiger partial charge in [-0.05, 0) is 60.5 Å². The lowest BCUT2D eigenvalue weighted by molar-refractivity contribution is 0.0534. The molecular formula is C19H28O3Si. The van der Waals surface area contributed by atoms with Crippen molar-refractivity contribution in [1.29, 1.82) is 0 Å². The second-order valence-corrected chi connectivity index (χ2v) is 13.2. The van der Waals surface area contributed by atoms with Crippen molar-refractivity contribution in [2.45, 2.75) is 70.7 Å². The molecule has 1 aliphatic heterocycles. The zero-order valence-corrected chi connectivity index (χ0v) is 16.0. The fourth-order valence-electron chi connectivity index (χ4n) is 2.86. The molecule has 126 valence electrons. The molecule has 1 saturated carbocycles. The number of fused-ring (bicyclic) bond motifs is 1. The molecule has 0 aromatic heterocycles. The van der Waals surface area contributed by atoms with Gasteiger partial charge in [0.25, 0.3) is 0 Å². The fourth-order valence-corrected chi connectivity index (χ4v) is 3.90. The molecule has 0 amide bonds. The summed E-state index contributed by atoms with van der Waals surface area (Å²) in [4.78, 5) is 11.9.